The van der Waals surface area contributed by atoms with Crippen LogP contribution in [0.2, 0.25) is 0 Å². The molecule has 3 N–H and O–H groups in total. The number of nitrogens with zero attached hydrogens (tertiary/aromatic N) is 2. The van der Waals surface area contributed by atoms with E-state index in [1.165, 1.54) is 6.20 Å². The third-order valence-corrected chi connectivity index (χ3v) is 2.84. The maximum absolute atomic E-state index is 13.8. The zero-order chi connectivity index (χ0) is 14.0. The maximum atomic E-state index is 13.8. The monoisotopic (exact) mass is 270 g/mol. The number of hydrogen-bond acceptors (Lipinski definition) is 3. The Morgan fingerprint density at radius 1 is 1.32 bits per heavy atom. The third-order valence-electron chi connectivity index (χ3n) is 2.84. The van der Waals surface area contributed by atoms with Crippen LogP contribution in [-0.2, 0) is 6.54 Å². The molecule has 0 aliphatic carbocycles. The van der Waals surface area contributed by atoms with Gasteiger partial charge in [-0.3, -0.25) is 10.5 Å². The van der Waals surface area contributed by atoms with E-state index in [1.54, 1.807) is 10.7 Å². The molecule has 1 unspecified atom stereocenters. The van der Waals surface area contributed by atoms with Crippen LogP contribution in [0.15, 0.2) is 24.4 Å². The first-order chi connectivity index (χ1) is 9.08. The molecule has 0 bridgehead atoms. The van der Waals surface area contributed by atoms with Gasteiger partial charge in [0.2, 0.25) is 0 Å². The van der Waals surface area contributed by atoms with Crippen molar-refractivity contribution in [1.29, 1.82) is 0 Å². The third kappa shape index (κ3) is 2.47. The Morgan fingerprint density at radius 3 is 2.47 bits per heavy atom. The highest BCUT2D eigenvalue weighted by Crippen LogP contribution is 2.27. The summed E-state index contributed by atoms with van der Waals surface area (Å²) in [5.41, 5.74) is 2.49. The van der Waals surface area contributed by atoms with Crippen LogP contribution < -0.4 is 11.3 Å². The summed E-state index contributed by atoms with van der Waals surface area (Å²) in [5, 5.41) is 4.01. The molecule has 0 spiro atoms. The molecule has 2 aromatic rings. The number of nitrogens with two attached hydrogens (primary N) is 1. The van der Waals surface area contributed by atoms with Crippen LogP contribution >= 0.6 is 0 Å². The molecule has 2 rings (SSSR count). The number of rotatable bonds is 4. The average Bonchev–Trinajstić information content (AvgIpc) is 2.81. The molecule has 19 heavy (non-hydrogen) atoms. The van der Waals surface area contributed by atoms with Crippen molar-refractivity contribution in [2.45, 2.75) is 19.5 Å². The molecule has 0 saturated heterocycles. The molecule has 0 amide bonds. The molecule has 1 atom stereocenters. The fourth-order valence-corrected chi connectivity index (χ4v) is 2.00. The van der Waals surface area contributed by atoms with Gasteiger partial charge in [0, 0.05) is 30.4 Å². The molecule has 0 saturated carbocycles. The lowest BCUT2D eigenvalue weighted by Gasteiger charge is -2.19. The summed E-state index contributed by atoms with van der Waals surface area (Å²) in [6.45, 7) is 2.35. The van der Waals surface area contributed by atoms with Gasteiger partial charge in [0.25, 0.3) is 0 Å². The molecule has 1 aromatic heterocycles. The molecule has 0 radical (unpaired) electrons. The Labute approximate surface area is 108 Å². The molecule has 1 heterocycles. The van der Waals surface area contributed by atoms with Crippen molar-refractivity contribution in [3.63, 3.8) is 0 Å². The van der Waals surface area contributed by atoms with E-state index < -0.39 is 23.5 Å². The normalized spacial score (nSPS) is 12.7. The van der Waals surface area contributed by atoms with E-state index in [0.29, 0.717) is 24.4 Å². The summed E-state index contributed by atoms with van der Waals surface area (Å²) < 4.78 is 42.0. The van der Waals surface area contributed by atoms with Crippen molar-refractivity contribution in [2.75, 3.05) is 0 Å². The van der Waals surface area contributed by atoms with Gasteiger partial charge in [-0.15, -0.1) is 0 Å². The van der Waals surface area contributed by atoms with Crippen LogP contribution in [0.3, 0.4) is 0 Å². The standard InChI is InChI=1S/C12H13F3N4/c1-2-19-10(3-4-17-19)12(18-16)11-8(14)5-7(13)6-9(11)15/h3-6,12,18H,2,16H2,1H3. The SMILES string of the molecule is CCn1nccc1C(NN)c1c(F)cc(F)cc1F. The summed E-state index contributed by atoms with van der Waals surface area (Å²) in [4.78, 5) is 0. The van der Waals surface area contributed by atoms with Gasteiger partial charge in [-0.05, 0) is 13.0 Å². The van der Waals surface area contributed by atoms with Crippen molar-refractivity contribution in [2.24, 2.45) is 5.84 Å². The van der Waals surface area contributed by atoms with E-state index in [2.05, 4.69) is 10.5 Å². The number of hydrazine groups is 1. The van der Waals surface area contributed by atoms with Gasteiger partial charge in [0.05, 0.1) is 11.7 Å². The molecule has 1 aromatic carbocycles. The minimum absolute atomic E-state index is 0.334. The lowest BCUT2D eigenvalue weighted by atomic mass is 10.0. The van der Waals surface area contributed by atoms with Crippen molar-refractivity contribution in [3.8, 4) is 0 Å². The molecule has 0 aliphatic heterocycles. The van der Waals surface area contributed by atoms with Crippen molar-refractivity contribution in [3.05, 3.63) is 53.1 Å². The lowest BCUT2D eigenvalue weighted by molar-refractivity contribution is 0.472. The van der Waals surface area contributed by atoms with Gasteiger partial charge < -0.3 is 0 Å². The Balaban J connectivity index is 2.54. The number of benzene rings is 1. The summed E-state index contributed by atoms with van der Waals surface area (Å²) in [5.74, 6) is 2.41. The first-order valence-electron chi connectivity index (χ1n) is 5.70. The zero-order valence-electron chi connectivity index (χ0n) is 10.2. The summed E-state index contributed by atoms with van der Waals surface area (Å²) >= 11 is 0. The van der Waals surface area contributed by atoms with Crippen LogP contribution in [-0.4, -0.2) is 9.78 Å². The minimum atomic E-state index is -0.996. The van der Waals surface area contributed by atoms with E-state index in [4.69, 9.17) is 5.84 Å². The van der Waals surface area contributed by atoms with Gasteiger partial charge in [0.1, 0.15) is 17.5 Å². The predicted octanol–water partition coefficient (Wildman–Crippen LogP) is 1.87. The first kappa shape index (κ1) is 13.6. The molecule has 7 heteroatoms. The fourth-order valence-electron chi connectivity index (χ4n) is 2.00. The Hall–Kier alpha value is -1.86. The summed E-state index contributed by atoms with van der Waals surface area (Å²) in [7, 11) is 0. The Bertz CT molecular complexity index is 559. The number of aromatic nitrogens is 2. The van der Waals surface area contributed by atoms with Gasteiger partial charge in [-0.1, -0.05) is 0 Å². The highest BCUT2D eigenvalue weighted by atomic mass is 19.1. The predicted molar refractivity (Wildman–Crippen MR) is 63.4 cm³/mol. The van der Waals surface area contributed by atoms with Gasteiger partial charge >= 0.3 is 0 Å². The van der Waals surface area contributed by atoms with Crippen LogP contribution in [0.1, 0.15) is 24.2 Å². The van der Waals surface area contributed by atoms with E-state index in [9.17, 15) is 13.2 Å². The first-order valence-corrected chi connectivity index (χ1v) is 5.70. The van der Waals surface area contributed by atoms with Crippen molar-refractivity contribution in [1.82, 2.24) is 15.2 Å². The van der Waals surface area contributed by atoms with E-state index >= 15 is 0 Å². The van der Waals surface area contributed by atoms with Crippen molar-refractivity contribution >= 4 is 0 Å². The van der Waals surface area contributed by atoms with Gasteiger partial charge in [-0.25, -0.2) is 18.6 Å². The molecule has 102 valence electrons. The Morgan fingerprint density at radius 2 is 1.95 bits per heavy atom. The van der Waals surface area contributed by atoms with Gasteiger partial charge in [0.15, 0.2) is 0 Å². The quantitative estimate of drug-likeness (QED) is 0.658. The average molecular weight is 270 g/mol. The van der Waals surface area contributed by atoms with Crippen LogP contribution in [0.25, 0.3) is 0 Å². The summed E-state index contributed by atoms with van der Waals surface area (Å²) in [6, 6.07) is 1.89. The highest BCUT2D eigenvalue weighted by Gasteiger charge is 2.24. The number of aryl methyl sites for hydroxylation is 1. The minimum Gasteiger partial charge on any atom is -0.271 e. The Kier molecular flexibility index (Phi) is 3.87. The molecular weight excluding hydrogens is 257 g/mol. The maximum Gasteiger partial charge on any atom is 0.134 e. The van der Waals surface area contributed by atoms with Gasteiger partial charge in [-0.2, -0.15) is 5.10 Å². The van der Waals surface area contributed by atoms with Crippen LogP contribution in [0.4, 0.5) is 13.2 Å². The summed E-state index contributed by atoms with van der Waals surface area (Å²) in [6.07, 6.45) is 1.50. The molecule has 0 aliphatic rings. The highest BCUT2D eigenvalue weighted by molar-refractivity contribution is 5.30. The van der Waals surface area contributed by atoms with E-state index in [1.807, 2.05) is 6.92 Å². The largest absolute Gasteiger partial charge is 0.271 e. The second-order valence-corrected chi connectivity index (χ2v) is 3.95. The molecule has 0 fully saturated rings. The van der Waals surface area contributed by atoms with E-state index in [-0.39, 0.29) is 5.56 Å². The van der Waals surface area contributed by atoms with E-state index in [0.717, 1.165) is 0 Å². The second kappa shape index (κ2) is 5.41. The number of hydrogen-bond donors (Lipinski definition) is 2. The smallest absolute Gasteiger partial charge is 0.134 e. The molecular formula is C12H13F3N4. The topological polar surface area (TPSA) is 55.9 Å². The van der Waals surface area contributed by atoms with Crippen molar-refractivity contribution < 1.29 is 13.2 Å². The molecule has 4 nitrogen and oxygen atoms in total. The van der Waals surface area contributed by atoms with Crippen LogP contribution in [0, 0.1) is 17.5 Å². The number of halogens is 3. The zero-order valence-corrected chi connectivity index (χ0v) is 10.2. The second-order valence-electron chi connectivity index (χ2n) is 3.95. The lowest BCUT2D eigenvalue weighted by Crippen LogP contribution is -2.32. The fraction of sp³-hybridized carbons (Fsp3) is 0.250. The van der Waals surface area contributed by atoms with Crippen LogP contribution in [0.5, 0.6) is 0 Å². The number of nitrogens with one attached hydrogen (secondary N) is 1.